The van der Waals surface area contributed by atoms with E-state index in [1.54, 1.807) is 17.8 Å². The fraction of sp³-hybridized carbons (Fsp3) is 0.190. The maximum absolute atomic E-state index is 12.3. The van der Waals surface area contributed by atoms with E-state index in [1.807, 2.05) is 54.7 Å². The monoisotopic (exact) mass is 397 g/mol. The molecule has 0 saturated carbocycles. The van der Waals surface area contributed by atoms with Gasteiger partial charge in [0.2, 0.25) is 5.91 Å². The van der Waals surface area contributed by atoms with Gasteiger partial charge in [0.15, 0.2) is 0 Å². The van der Waals surface area contributed by atoms with Gasteiger partial charge in [-0.3, -0.25) is 9.59 Å². The van der Waals surface area contributed by atoms with Crippen LogP contribution in [0.1, 0.15) is 18.4 Å². The van der Waals surface area contributed by atoms with E-state index < -0.39 is 5.97 Å². The molecular weight excluding hydrogens is 378 g/mol. The number of carbonyl (C=O) groups is 2. The van der Waals surface area contributed by atoms with Gasteiger partial charge in [0.1, 0.15) is 0 Å². The minimum absolute atomic E-state index is 0.0416. The average molecular weight is 398 g/mol. The Morgan fingerprint density at radius 2 is 1.75 bits per heavy atom. The lowest BCUT2D eigenvalue weighted by Crippen LogP contribution is -2.26. The first kappa shape index (κ1) is 19.6. The molecule has 2 aromatic carbocycles. The molecular formula is C21H20ClN3O3. The first-order valence-corrected chi connectivity index (χ1v) is 9.18. The summed E-state index contributed by atoms with van der Waals surface area (Å²) in [7, 11) is 1.65. The van der Waals surface area contributed by atoms with Crippen molar-refractivity contribution in [1.82, 2.24) is 14.7 Å². The third-order valence-electron chi connectivity index (χ3n) is 4.33. The second kappa shape index (κ2) is 8.71. The van der Waals surface area contributed by atoms with Crippen LogP contribution >= 0.6 is 11.6 Å². The lowest BCUT2D eigenvalue weighted by atomic mass is 10.1. The number of amides is 1. The summed E-state index contributed by atoms with van der Waals surface area (Å²) in [5, 5.41) is 14.1. The molecule has 144 valence electrons. The van der Waals surface area contributed by atoms with E-state index in [-0.39, 0.29) is 18.7 Å². The number of aromatic nitrogens is 2. The Morgan fingerprint density at radius 3 is 2.43 bits per heavy atom. The number of hydrogen-bond donors (Lipinski definition) is 1. The fourth-order valence-electron chi connectivity index (χ4n) is 2.87. The molecule has 1 heterocycles. The highest BCUT2D eigenvalue weighted by atomic mass is 35.5. The number of carbonyl (C=O) groups excluding carboxylic acids is 1. The van der Waals surface area contributed by atoms with Gasteiger partial charge in [-0.1, -0.05) is 48.0 Å². The van der Waals surface area contributed by atoms with E-state index in [0.29, 0.717) is 17.3 Å². The molecule has 0 spiro atoms. The zero-order valence-corrected chi connectivity index (χ0v) is 16.1. The van der Waals surface area contributed by atoms with Crippen LogP contribution in [0.3, 0.4) is 0 Å². The van der Waals surface area contributed by atoms with Crippen molar-refractivity contribution in [2.24, 2.45) is 0 Å². The second-order valence-corrected chi connectivity index (χ2v) is 6.81. The van der Waals surface area contributed by atoms with Gasteiger partial charge in [0.25, 0.3) is 0 Å². The van der Waals surface area contributed by atoms with E-state index in [0.717, 1.165) is 16.8 Å². The highest BCUT2D eigenvalue weighted by Crippen LogP contribution is 2.30. The van der Waals surface area contributed by atoms with Gasteiger partial charge in [-0.2, -0.15) is 5.10 Å². The number of aliphatic carboxylic acids is 1. The summed E-state index contributed by atoms with van der Waals surface area (Å²) in [5.41, 5.74) is 3.18. The van der Waals surface area contributed by atoms with Crippen molar-refractivity contribution >= 4 is 23.5 Å². The van der Waals surface area contributed by atoms with Gasteiger partial charge in [-0.05, 0) is 18.2 Å². The number of benzene rings is 2. The first-order valence-electron chi connectivity index (χ1n) is 8.80. The SMILES string of the molecule is CN(Cc1cn(-c2ccccc2)nc1-c1ccccc1Cl)C(=O)CCC(=O)O. The molecule has 0 aliphatic heterocycles. The lowest BCUT2D eigenvalue weighted by molar-refractivity contribution is -0.140. The molecule has 28 heavy (non-hydrogen) atoms. The van der Waals surface area contributed by atoms with Gasteiger partial charge in [0, 0.05) is 37.3 Å². The highest BCUT2D eigenvalue weighted by Gasteiger charge is 2.18. The Hall–Kier alpha value is -3.12. The number of hydrogen-bond acceptors (Lipinski definition) is 3. The van der Waals surface area contributed by atoms with Crippen LogP contribution < -0.4 is 0 Å². The van der Waals surface area contributed by atoms with Crippen molar-refractivity contribution in [1.29, 1.82) is 0 Å². The molecule has 0 bridgehead atoms. The first-order chi connectivity index (χ1) is 13.5. The molecule has 0 fully saturated rings. The largest absolute Gasteiger partial charge is 0.481 e. The molecule has 6 nitrogen and oxygen atoms in total. The number of nitrogens with zero attached hydrogens (tertiary/aromatic N) is 3. The van der Waals surface area contributed by atoms with Gasteiger partial charge >= 0.3 is 5.97 Å². The second-order valence-electron chi connectivity index (χ2n) is 6.41. The third-order valence-corrected chi connectivity index (χ3v) is 4.66. The third kappa shape index (κ3) is 4.58. The predicted octanol–water partition coefficient (Wildman–Crippen LogP) is 4.02. The van der Waals surface area contributed by atoms with Crippen molar-refractivity contribution in [2.45, 2.75) is 19.4 Å². The van der Waals surface area contributed by atoms with Crippen LogP contribution in [0.4, 0.5) is 0 Å². The topological polar surface area (TPSA) is 75.4 Å². The lowest BCUT2D eigenvalue weighted by Gasteiger charge is -2.16. The zero-order chi connectivity index (χ0) is 20.1. The summed E-state index contributed by atoms with van der Waals surface area (Å²) in [6.45, 7) is 0.297. The van der Waals surface area contributed by atoms with Gasteiger partial charge in [-0.15, -0.1) is 0 Å². The van der Waals surface area contributed by atoms with Crippen molar-refractivity contribution in [3.8, 4) is 16.9 Å². The average Bonchev–Trinajstić information content (AvgIpc) is 3.10. The van der Waals surface area contributed by atoms with Crippen LogP contribution in [-0.4, -0.2) is 38.7 Å². The van der Waals surface area contributed by atoms with Crippen LogP contribution in [0.25, 0.3) is 16.9 Å². The molecule has 7 heteroatoms. The molecule has 0 aliphatic carbocycles. The molecule has 1 amide bonds. The number of rotatable bonds is 7. The maximum Gasteiger partial charge on any atom is 0.303 e. The van der Waals surface area contributed by atoms with Crippen molar-refractivity contribution in [3.05, 3.63) is 71.4 Å². The van der Waals surface area contributed by atoms with Crippen LogP contribution in [0.15, 0.2) is 60.8 Å². The number of carboxylic acids is 1. The van der Waals surface area contributed by atoms with Crippen molar-refractivity contribution < 1.29 is 14.7 Å². The predicted molar refractivity (Wildman–Crippen MR) is 107 cm³/mol. The van der Waals surface area contributed by atoms with E-state index in [2.05, 4.69) is 0 Å². The van der Waals surface area contributed by atoms with E-state index >= 15 is 0 Å². The highest BCUT2D eigenvalue weighted by molar-refractivity contribution is 6.33. The molecule has 0 saturated heterocycles. The normalized spacial score (nSPS) is 10.6. The number of para-hydroxylation sites is 1. The zero-order valence-electron chi connectivity index (χ0n) is 15.4. The molecule has 1 N–H and O–H groups in total. The van der Waals surface area contributed by atoms with E-state index in [9.17, 15) is 9.59 Å². The summed E-state index contributed by atoms with van der Waals surface area (Å²) < 4.78 is 1.75. The van der Waals surface area contributed by atoms with E-state index in [1.165, 1.54) is 4.90 Å². The Labute approximate surface area is 168 Å². The number of carboxylic acid groups (broad SMARTS) is 1. The van der Waals surface area contributed by atoms with Crippen molar-refractivity contribution in [3.63, 3.8) is 0 Å². The van der Waals surface area contributed by atoms with Gasteiger partial charge < -0.3 is 10.0 Å². The molecule has 0 aliphatic rings. The molecule has 1 aromatic heterocycles. The van der Waals surface area contributed by atoms with Crippen LogP contribution in [-0.2, 0) is 16.1 Å². The quantitative estimate of drug-likeness (QED) is 0.653. The standard InChI is InChI=1S/C21H20ClN3O3/c1-24(19(26)11-12-20(27)28)13-15-14-25(16-7-3-2-4-8-16)23-21(15)17-9-5-6-10-18(17)22/h2-10,14H,11-13H2,1H3,(H,27,28). The Morgan fingerprint density at radius 1 is 1.07 bits per heavy atom. The summed E-state index contributed by atoms with van der Waals surface area (Å²) in [5.74, 6) is -1.23. The van der Waals surface area contributed by atoms with Crippen LogP contribution in [0, 0.1) is 0 Å². The number of halogens is 1. The summed E-state index contributed by atoms with van der Waals surface area (Å²) in [6.07, 6.45) is 1.64. The smallest absolute Gasteiger partial charge is 0.303 e. The van der Waals surface area contributed by atoms with Crippen LogP contribution in [0.2, 0.25) is 5.02 Å². The maximum atomic E-state index is 12.3. The van der Waals surface area contributed by atoms with Crippen LogP contribution in [0.5, 0.6) is 0 Å². The molecule has 0 radical (unpaired) electrons. The Bertz CT molecular complexity index is 986. The fourth-order valence-corrected chi connectivity index (χ4v) is 3.09. The molecule has 0 atom stereocenters. The van der Waals surface area contributed by atoms with Crippen molar-refractivity contribution in [2.75, 3.05) is 7.05 Å². The molecule has 3 aromatic rings. The summed E-state index contributed by atoms with van der Waals surface area (Å²) in [4.78, 5) is 24.5. The Balaban J connectivity index is 1.94. The van der Waals surface area contributed by atoms with Gasteiger partial charge in [0.05, 0.1) is 22.8 Å². The van der Waals surface area contributed by atoms with E-state index in [4.69, 9.17) is 21.8 Å². The summed E-state index contributed by atoms with van der Waals surface area (Å²) >= 11 is 6.37. The molecule has 3 rings (SSSR count). The minimum atomic E-state index is -0.990. The minimum Gasteiger partial charge on any atom is -0.481 e. The Kier molecular flexibility index (Phi) is 6.11. The molecule has 0 unspecified atom stereocenters. The summed E-state index contributed by atoms with van der Waals surface area (Å²) in [6, 6.07) is 17.1. The van der Waals surface area contributed by atoms with Gasteiger partial charge in [-0.25, -0.2) is 4.68 Å².